The Morgan fingerprint density at radius 2 is 1.70 bits per heavy atom. The van der Waals surface area contributed by atoms with Gasteiger partial charge in [-0.15, -0.1) is 0 Å². The number of halogens is 6. The van der Waals surface area contributed by atoms with Crippen LogP contribution in [0.5, 0.6) is 0 Å². The van der Waals surface area contributed by atoms with Crippen LogP contribution < -0.4 is 5.32 Å². The van der Waals surface area contributed by atoms with Crippen molar-refractivity contribution in [3.8, 4) is 5.69 Å². The summed E-state index contributed by atoms with van der Waals surface area (Å²) in [6.07, 6.45) is -5.84. The first-order valence-electron chi connectivity index (χ1n) is 11.1. The van der Waals surface area contributed by atoms with E-state index < -0.39 is 56.6 Å². The van der Waals surface area contributed by atoms with Gasteiger partial charge in [0, 0.05) is 18.3 Å². The van der Waals surface area contributed by atoms with Crippen LogP contribution in [0.25, 0.3) is 5.69 Å². The molecule has 13 heteroatoms. The molecule has 1 heterocycles. The Hall–Kier alpha value is -3.35. The largest absolute Gasteiger partial charge is 0.416 e. The number of hydrogen-bond donors (Lipinski definition) is 1. The zero-order valence-corrected chi connectivity index (χ0v) is 19.9. The van der Waals surface area contributed by atoms with E-state index in [1.165, 1.54) is 18.3 Å². The molecule has 0 aliphatic heterocycles. The Kier molecular flexibility index (Phi) is 7.36. The summed E-state index contributed by atoms with van der Waals surface area (Å²) in [4.78, 5) is 12.7. The van der Waals surface area contributed by atoms with Crippen LogP contribution in [0.3, 0.4) is 0 Å². The molecule has 1 unspecified atom stereocenters. The molecule has 1 aromatic heterocycles. The van der Waals surface area contributed by atoms with Crippen LogP contribution in [0.1, 0.15) is 41.7 Å². The Bertz CT molecular complexity index is 1370. The lowest BCUT2D eigenvalue weighted by atomic mass is 9.84. The molecule has 0 saturated heterocycles. The normalized spacial score (nSPS) is 18.0. The molecule has 1 amide bonds. The first-order valence-corrected chi connectivity index (χ1v) is 12.8. The maximum atomic E-state index is 13.5. The van der Waals surface area contributed by atoms with Gasteiger partial charge in [0.1, 0.15) is 11.5 Å². The first-order chi connectivity index (χ1) is 17.3. The third-order valence-electron chi connectivity index (χ3n) is 6.23. The lowest BCUT2D eigenvalue weighted by Gasteiger charge is -2.34. The summed E-state index contributed by atoms with van der Waals surface area (Å²) in [5.74, 6) is -2.37. The highest BCUT2D eigenvalue weighted by molar-refractivity contribution is 7.91. The van der Waals surface area contributed by atoms with Gasteiger partial charge in [-0.1, -0.05) is 12.1 Å². The molecule has 2 aromatic carbocycles. The second-order valence-electron chi connectivity index (χ2n) is 8.70. The smallest absolute Gasteiger partial charge is 0.352 e. The van der Waals surface area contributed by atoms with Crippen LogP contribution in [0.15, 0.2) is 54.7 Å². The van der Waals surface area contributed by atoms with Gasteiger partial charge in [0.25, 0.3) is 6.43 Å². The summed E-state index contributed by atoms with van der Waals surface area (Å²) in [7, 11) is -3.73. The Morgan fingerprint density at radius 1 is 1.05 bits per heavy atom. The van der Waals surface area contributed by atoms with Crippen molar-refractivity contribution in [3.63, 3.8) is 0 Å². The molecule has 1 aliphatic rings. The fourth-order valence-corrected chi connectivity index (χ4v) is 6.24. The van der Waals surface area contributed by atoms with E-state index in [-0.39, 0.29) is 30.0 Å². The highest BCUT2D eigenvalue weighted by Crippen LogP contribution is 2.36. The van der Waals surface area contributed by atoms with Crippen LogP contribution in [0.4, 0.5) is 26.3 Å². The molecular weight excluding hydrogens is 524 g/mol. The Balaban J connectivity index is 1.43. The van der Waals surface area contributed by atoms with Gasteiger partial charge in [-0.05, 0) is 54.8 Å². The molecule has 4 rings (SSSR count). The number of rotatable bonds is 8. The first kappa shape index (κ1) is 26.7. The number of carbonyl (C=O) groups excluding carboxylic acids is 1. The lowest BCUT2D eigenvalue weighted by Crippen LogP contribution is -2.48. The van der Waals surface area contributed by atoms with Crippen molar-refractivity contribution in [1.29, 1.82) is 0 Å². The van der Waals surface area contributed by atoms with Gasteiger partial charge in [-0.2, -0.15) is 18.3 Å². The Morgan fingerprint density at radius 3 is 2.24 bits per heavy atom. The van der Waals surface area contributed by atoms with Crippen LogP contribution >= 0.6 is 0 Å². The number of nitrogens with zero attached hydrogens (tertiary/aromatic N) is 2. The van der Waals surface area contributed by atoms with Crippen molar-refractivity contribution in [3.05, 3.63) is 82.9 Å². The van der Waals surface area contributed by atoms with Gasteiger partial charge in [-0.25, -0.2) is 26.3 Å². The molecule has 0 spiro atoms. The number of alkyl halides is 5. The topological polar surface area (TPSA) is 81.1 Å². The van der Waals surface area contributed by atoms with E-state index in [1.807, 2.05) is 0 Å². The van der Waals surface area contributed by atoms with Gasteiger partial charge in [0.2, 0.25) is 5.91 Å². The minimum Gasteiger partial charge on any atom is -0.352 e. The second-order valence-corrected chi connectivity index (χ2v) is 10.9. The van der Waals surface area contributed by atoms with E-state index >= 15 is 0 Å². The second kappa shape index (κ2) is 10.2. The monoisotopic (exact) mass is 545 g/mol. The third kappa shape index (κ3) is 5.97. The minimum atomic E-state index is -4.56. The van der Waals surface area contributed by atoms with E-state index in [0.717, 1.165) is 41.1 Å². The highest BCUT2D eigenvalue weighted by atomic mass is 32.2. The lowest BCUT2D eigenvalue weighted by molar-refractivity contribution is -0.137. The van der Waals surface area contributed by atoms with Crippen LogP contribution in [-0.4, -0.2) is 29.4 Å². The third-order valence-corrected chi connectivity index (χ3v) is 8.45. The highest BCUT2D eigenvalue weighted by Gasteiger charge is 2.44. The summed E-state index contributed by atoms with van der Waals surface area (Å²) in [6.45, 7) is -0.375. The fourth-order valence-electron chi connectivity index (χ4n) is 4.11. The predicted octanol–water partition coefficient (Wildman–Crippen LogP) is 4.98. The van der Waals surface area contributed by atoms with E-state index in [2.05, 4.69) is 10.4 Å². The molecule has 0 radical (unpaired) electrons. The van der Waals surface area contributed by atoms with Crippen LogP contribution in [0, 0.1) is 11.7 Å². The standard InChI is InChI=1S/C24H21F6N3O3S/c25-17-5-1-14(2-6-17)13-37(35,36)20-10-9-19(20)23(34)31-11-15-12-33(32-21(15)22(26)27)18-7-3-16(4-8-18)24(28,29)30/h1-8,12,19-20,22H,9-11,13H2,(H,31,34)/t19-,20?/m1/s1. The molecule has 1 N–H and O–H groups in total. The van der Waals surface area contributed by atoms with Crippen LogP contribution in [0.2, 0.25) is 0 Å². The predicted molar refractivity (Wildman–Crippen MR) is 121 cm³/mol. The number of hydrogen-bond acceptors (Lipinski definition) is 4. The van der Waals surface area contributed by atoms with E-state index in [0.29, 0.717) is 12.0 Å². The average molecular weight is 546 g/mol. The van der Waals surface area contributed by atoms with Crippen molar-refractivity contribution in [2.24, 2.45) is 5.92 Å². The van der Waals surface area contributed by atoms with Crippen LogP contribution in [-0.2, 0) is 33.1 Å². The quantitative estimate of drug-likeness (QED) is 0.405. The average Bonchev–Trinajstić information content (AvgIpc) is 3.22. The summed E-state index contributed by atoms with van der Waals surface area (Å²) in [5, 5.41) is 5.27. The molecular formula is C24H21F6N3O3S. The number of benzene rings is 2. The Labute approximate surface area is 208 Å². The molecule has 3 aromatic rings. The van der Waals surface area contributed by atoms with Crippen molar-refractivity contribution in [1.82, 2.24) is 15.1 Å². The van der Waals surface area contributed by atoms with Crippen molar-refractivity contribution in [2.45, 2.75) is 43.0 Å². The van der Waals surface area contributed by atoms with Crippen molar-refractivity contribution < 1.29 is 39.6 Å². The number of nitrogens with one attached hydrogen (secondary N) is 1. The van der Waals surface area contributed by atoms with Gasteiger partial charge >= 0.3 is 6.18 Å². The summed E-state index contributed by atoms with van der Waals surface area (Å²) >= 11 is 0. The number of amides is 1. The SMILES string of the molecule is O=C(NCc1cn(-c2ccc(C(F)(F)F)cc2)nc1C(F)F)[C@@H]1CCC1S(=O)(=O)Cc1ccc(F)cc1. The van der Waals surface area contributed by atoms with E-state index in [9.17, 15) is 39.6 Å². The maximum absolute atomic E-state index is 13.5. The fraction of sp³-hybridized carbons (Fsp3) is 0.333. The number of carbonyl (C=O) groups is 1. The van der Waals surface area contributed by atoms with Gasteiger partial charge in [0.05, 0.1) is 28.2 Å². The van der Waals surface area contributed by atoms with E-state index in [4.69, 9.17) is 0 Å². The van der Waals surface area contributed by atoms with Crippen molar-refractivity contribution >= 4 is 15.7 Å². The minimum absolute atomic E-state index is 0.0618. The molecule has 2 atom stereocenters. The maximum Gasteiger partial charge on any atom is 0.416 e. The van der Waals surface area contributed by atoms with Crippen molar-refractivity contribution in [2.75, 3.05) is 0 Å². The molecule has 37 heavy (non-hydrogen) atoms. The summed E-state index contributed by atoms with van der Waals surface area (Å²) in [5.41, 5.74) is -1.14. The van der Waals surface area contributed by atoms with Gasteiger partial charge in [-0.3, -0.25) is 4.79 Å². The molecule has 6 nitrogen and oxygen atoms in total. The molecule has 0 bridgehead atoms. The summed E-state index contributed by atoms with van der Waals surface area (Å²) < 4.78 is 105. The van der Waals surface area contributed by atoms with E-state index in [1.54, 1.807) is 0 Å². The molecule has 1 saturated carbocycles. The molecule has 1 fully saturated rings. The number of aromatic nitrogens is 2. The molecule has 1 aliphatic carbocycles. The summed E-state index contributed by atoms with van der Waals surface area (Å²) in [6, 6.07) is 8.73. The molecule has 198 valence electrons. The van der Waals surface area contributed by atoms with Gasteiger partial charge in [0.15, 0.2) is 9.84 Å². The zero-order valence-electron chi connectivity index (χ0n) is 19.1. The number of sulfone groups is 1. The van der Waals surface area contributed by atoms with Gasteiger partial charge < -0.3 is 5.32 Å². The zero-order chi connectivity index (χ0) is 27.0.